The van der Waals surface area contributed by atoms with Gasteiger partial charge < -0.3 is 5.32 Å². The van der Waals surface area contributed by atoms with E-state index in [1.54, 1.807) is 18.7 Å². The van der Waals surface area contributed by atoms with Crippen LogP contribution in [0.2, 0.25) is 0 Å². The average Bonchev–Trinajstić information content (AvgIpc) is 2.41. The second-order valence-corrected chi connectivity index (χ2v) is 9.83. The Morgan fingerprint density at radius 1 is 1.24 bits per heavy atom. The van der Waals surface area contributed by atoms with Gasteiger partial charge in [-0.25, -0.2) is 8.42 Å². The van der Waals surface area contributed by atoms with Crippen molar-refractivity contribution in [1.82, 2.24) is 5.32 Å². The molecular weight excluding hydrogens is 302 g/mol. The molecule has 0 saturated carbocycles. The van der Waals surface area contributed by atoms with Crippen LogP contribution in [0, 0.1) is 0 Å². The minimum absolute atomic E-state index is 0.109. The molecule has 120 valence electrons. The Balaban J connectivity index is 2.42. The highest BCUT2D eigenvalue weighted by Gasteiger charge is 2.09. The molecule has 1 aromatic rings. The van der Waals surface area contributed by atoms with Gasteiger partial charge in [0.1, 0.15) is 9.84 Å². The zero-order chi connectivity index (χ0) is 15.9. The maximum absolute atomic E-state index is 11.4. The van der Waals surface area contributed by atoms with Gasteiger partial charge in [-0.1, -0.05) is 19.1 Å². The number of thioether (sulfide) groups is 1. The van der Waals surface area contributed by atoms with Crippen molar-refractivity contribution in [1.29, 1.82) is 0 Å². The summed E-state index contributed by atoms with van der Waals surface area (Å²) in [5.41, 5.74) is 1.37. The van der Waals surface area contributed by atoms with Crippen molar-refractivity contribution in [3.05, 3.63) is 29.8 Å². The Kier molecular flexibility index (Phi) is 7.24. The van der Waals surface area contributed by atoms with Crippen molar-refractivity contribution in [3.8, 4) is 0 Å². The lowest BCUT2D eigenvalue weighted by molar-refractivity contribution is 0.424. The van der Waals surface area contributed by atoms with E-state index in [1.165, 1.54) is 10.5 Å². The molecule has 5 heteroatoms. The maximum Gasteiger partial charge on any atom is 0.150 e. The summed E-state index contributed by atoms with van der Waals surface area (Å²) in [6, 6.07) is 8.44. The molecule has 0 aliphatic carbocycles. The first kappa shape index (κ1) is 18.5. The molecule has 1 aromatic carbocycles. The Hall–Kier alpha value is -0.520. The van der Waals surface area contributed by atoms with Gasteiger partial charge in [0.2, 0.25) is 0 Å². The summed E-state index contributed by atoms with van der Waals surface area (Å²) < 4.78 is 22.9. The van der Waals surface area contributed by atoms with E-state index in [0.29, 0.717) is 12.2 Å². The largest absolute Gasteiger partial charge is 0.308 e. The van der Waals surface area contributed by atoms with Crippen LogP contribution in [0.5, 0.6) is 0 Å². The SMILES string of the molecule is CCS(=O)(=O)CCCSc1cccc(CNC(C)(C)C)c1. The number of benzene rings is 1. The van der Waals surface area contributed by atoms with Gasteiger partial charge in [0.15, 0.2) is 0 Å². The van der Waals surface area contributed by atoms with Gasteiger partial charge >= 0.3 is 0 Å². The molecule has 0 heterocycles. The van der Waals surface area contributed by atoms with E-state index in [1.807, 2.05) is 0 Å². The normalized spacial score (nSPS) is 12.6. The van der Waals surface area contributed by atoms with Crippen LogP contribution in [-0.4, -0.2) is 31.2 Å². The summed E-state index contributed by atoms with van der Waals surface area (Å²) in [5.74, 6) is 1.38. The standard InChI is InChI=1S/C16H27NO2S2/c1-5-21(18,19)11-7-10-20-15-9-6-8-14(12-15)13-17-16(2,3)4/h6,8-9,12,17H,5,7,10-11,13H2,1-4H3. The molecular formula is C16H27NO2S2. The molecule has 3 nitrogen and oxygen atoms in total. The van der Waals surface area contributed by atoms with Crippen LogP contribution in [0.3, 0.4) is 0 Å². The van der Waals surface area contributed by atoms with Crippen molar-refractivity contribution in [2.45, 2.75) is 51.1 Å². The zero-order valence-corrected chi connectivity index (χ0v) is 15.1. The number of hydrogen-bond donors (Lipinski definition) is 1. The first-order chi connectivity index (χ1) is 9.72. The zero-order valence-electron chi connectivity index (χ0n) is 13.5. The predicted octanol–water partition coefficient (Wildman–Crippen LogP) is 3.49. The van der Waals surface area contributed by atoms with Crippen molar-refractivity contribution in [2.24, 2.45) is 0 Å². The first-order valence-corrected chi connectivity index (χ1v) is 10.2. The van der Waals surface area contributed by atoms with Crippen molar-refractivity contribution >= 4 is 21.6 Å². The fourth-order valence-corrected chi connectivity index (χ4v) is 3.72. The van der Waals surface area contributed by atoms with E-state index >= 15 is 0 Å². The van der Waals surface area contributed by atoms with E-state index in [0.717, 1.165) is 12.3 Å². The highest BCUT2D eigenvalue weighted by atomic mass is 32.2. The van der Waals surface area contributed by atoms with E-state index in [-0.39, 0.29) is 11.3 Å². The summed E-state index contributed by atoms with van der Waals surface area (Å²) in [6.45, 7) is 9.01. The number of nitrogens with one attached hydrogen (secondary N) is 1. The quantitative estimate of drug-likeness (QED) is 0.586. The van der Waals surface area contributed by atoms with Gasteiger partial charge in [-0.05, 0) is 50.6 Å². The summed E-state index contributed by atoms with van der Waals surface area (Å²) in [7, 11) is -2.83. The summed E-state index contributed by atoms with van der Waals surface area (Å²) in [5, 5.41) is 3.47. The van der Waals surface area contributed by atoms with Gasteiger partial charge in [0, 0.05) is 22.7 Å². The maximum atomic E-state index is 11.4. The Morgan fingerprint density at radius 2 is 1.95 bits per heavy atom. The molecule has 1 N–H and O–H groups in total. The lowest BCUT2D eigenvalue weighted by atomic mass is 10.1. The third kappa shape index (κ3) is 8.49. The molecule has 0 aliphatic heterocycles. The average molecular weight is 330 g/mol. The lowest BCUT2D eigenvalue weighted by Gasteiger charge is -2.20. The fourth-order valence-electron chi connectivity index (χ4n) is 1.73. The summed E-state index contributed by atoms with van der Waals surface area (Å²) in [6.07, 6.45) is 0.714. The molecule has 0 aliphatic rings. The molecule has 1 rings (SSSR count). The molecule has 0 saturated heterocycles. The van der Waals surface area contributed by atoms with Gasteiger partial charge in [-0.3, -0.25) is 0 Å². The van der Waals surface area contributed by atoms with Crippen LogP contribution < -0.4 is 5.32 Å². The van der Waals surface area contributed by atoms with Gasteiger partial charge in [0.05, 0.1) is 5.75 Å². The van der Waals surface area contributed by atoms with Crippen LogP contribution in [0.4, 0.5) is 0 Å². The molecule has 0 spiro atoms. The second-order valence-electron chi connectivity index (χ2n) is 6.19. The van der Waals surface area contributed by atoms with E-state index in [9.17, 15) is 8.42 Å². The van der Waals surface area contributed by atoms with Crippen molar-refractivity contribution < 1.29 is 8.42 Å². The second kappa shape index (κ2) is 8.20. The molecule has 0 fully saturated rings. The fraction of sp³-hybridized carbons (Fsp3) is 0.625. The van der Waals surface area contributed by atoms with Crippen LogP contribution >= 0.6 is 11.8 Å². The van der Waals surface area contributed by atoms with Crippen molar-refractivity contribution in [2.75, 3.05) is 17.3 Å². The molecule has 0 aromatic heterocycles. The third-order valence-electron chi connectivity index (χ3n) is 3.03. The monoisotopic (exact) mass is 329 g/mol. The smallest absolute Gasteiger partial charge is 0.150 e. The molecule has 0 radical (unpaired) electrons. The Labute approximate surface area is 133 Å². The summed E-state index contributed by atoms with van der Waals surface area (Å²) in [4.78, 5) is 1.21. The number of hydrogen-bond acceptors (Lipinski definition) is 4. The number of rotatable bonds is 8. The van der Waals surface area contributed by atoms with Crippen molar-refractivity contribution in [3.63, 3.8) is 0 Å². The van der Waals surface area contributed by atoms with E-state index < -0.39 is 9.84 Å². The lowest BCUT2D eigenvalue weighted by Crippen LogP contribution is -2.35. The number of sulfone groups is 1. The van der Waals surface area contributed by atoms with E-state index in [4.69, 9.17) is 0 Å². The summed E-state index contributed by atoms with van der Waals surface area (Å²) >= 11 is 1.73. The van der Waals surface area contributed by atoms with Gasteiger partial charge in [-0.2, -0.15) is 0 Å². The molecule has 0 unspecified atom stereocenters. The predicted molar refractivity (Wildman–Crippen MR) is 92.7 cm³/mol. The molecule has 0 amide bonds. The molecule has 21 heavy (non-hydrogen) atoms. The topological polar surface area (TPSA) is 46.2 Å². The van der Waals surface area contributed by atoms with Crippen LogP contribution in [0.25, 0.3) is 0 Å². The third-order valence-corrected chi connectivity index (χ3v) is 5.90. The minimum atomic E-state index is -2.83. The van der Waals surface area contributed by atoms with E-state index in [2.05, 4.69) is 50.4 Å². The first-order valence-electron chi connectivity index (χ1n) is 7.39. The highest BCUT2D eigenvalue weighted by Crippen LogP contribution is 2.20. The van der Waals surface area contributed by atoms with Crippen LogP contribution in [0.15, 0.2) is 29.2 Å². The van der Waals surface area contributed by atoms with Gasteiger partial charge in [-0.15, -0.1) is 11.8 Å². The molecule has 0 bridgehead atoms. The van der Waals surface area contributed by atoms with Crippen LogP contribution in [-0.2, 0) is 16.4 Å². The Morgan fingerprint density at radius 3 is 2.57 bits per heavy atom. The Bertz CT molecular complexity index is 533. The van der Waals surface area contributed by atoms with Gasteiger partial charge in [0.25, 0.3) is 0 Å². The highest BCUT2D eigenvalue weighted by molar-refractivity contribution is 7.99. The van der Waals surface area contributed by atoms with Crippen LogP contribution in [0.1, 0.15) is 39.7 Å². The minimum Gasteiger partial charge on any atom is -0.308 e. The molecule has 0 atom stereocenters.